The van der Waals surface area contributed by atoms with Gasteiger partial charge in [-0.15, -0.1) is 0 Å². The highest BCUT2D eigenvalue weighted by molar-refractivity contribution is 9.10. The fourth-order valence-electron chi connectivity index (χ4n) is 6.02. The van der Waals surface area contributed by atoms with E-state index in [9.17, 15) is 49.8 Å². The number of aromatic hydroxyl groups is 1. The van der Waals surface area contributed by atoms with Gasteiger partial charge in [0.05, 0.1) is 35.9 Å². The molecule has 1 aromatic carbocycles. The number of hydrogen-bond acceptors (Lipinski definition) is 11. The van der Waals surface area contributed by atoms with Crippen molar-refractivity contribution in [2.75, 3.05) is 26.0 Å². The summed E-state index contributed by atoms with van der Waals surface area (Å²) >= 11 is 2.96. The Kier molecular flexibility index (Phi) is 7.15. The molecule has 210 valence electrons. The third kappa shape index (κ3) is 3.89. The molecule has 0 heterocycles. The van der Waals surface area contributed by atoms with Crippen LogP contribution in [0.3, 0.4) is 0 Å². The van der Waals surface area contributed by atoms with Crippen LogP contribution in [0.5, 0.6) is 5.75 Å². The third-order valence-corrected chi connectivity index (χ3v) is 8.54. The first-order valence-electron chi connectivity index (χ1n) is 11.9. The number of phenolic OH excluding ortho intramolecular Hbond substituents is 1. The number of carbonyl (C=O) groups is 4. The zero-order valence-corrected chi connectivity index (χ0v) is 22.6. The molecule has 2 amide bonds. The Labute approximate surface area is 230 Å². The van der Waals surface area contributed by atoms with Crippen molar-refractivity contribution in [3.05, 3.63) is 45.9 Å². The van der Waals surface area contributed by atoms with Crippen LogP contribution in [0, 0.1) is 11.8 Å². The molecule has 9 N–H and O–H groups in total. The van der Waals surface area contributed by atoms with Gasteiger partial charge in [-0.3, -0.25) is 24.1 Å². The Morgan fingerprint density at radius 3 is 2.36 bits per heavy atom. The van der Waals surface area contributed by atoms with E-state index < -0.39 is 98.7 Å². The van der Waals surface area contributed by atoms with Crippen LogP contribution in [0.15, 0.2) is 34.8 Å². The summed E-state index contributed by atoms with van der Waals surface area (Å²) in [5.74, 6) is -10.8. The van der Waals surface area contributed by atoms with Crippen molar-refractivity contribution in [1.29, 1.82) is 0 Å². The predicted octanol–water partition coefficient (Wildman–Crippen LogP) is -0.653. The molecule has 0 spiro atoms. The fraction of sp³-hybridized carbons (Fsp3) is 0.440. The lowest BCUT2D eigenvalue weighted by molar-refractivity contribution is -0.162. The van der Waals surface area contributed by atoms with Crippen molar-refractivity contribution in [2.45, 2.75) is 35.4 Å². The topological polar surface area (TPSA) is 231 Å². The number of hydrogen-bond donors (Lipinski definition) is 8. The molecule has 1 aromatic rings. The Bertz CT molecular complexity index is 1370. The third-order valence-electron chi connectivity index (χ3n) is 7.83. The number of nitrogens with one attached hydrogen (secondary N) is 1. The number of amides is 2. The van der Waals surface area contributed by atoms with Gasteiger partial charge in [0.15, 0.2) is 17.1 Å². The molecule has 6 unspecified atom stereocenters. The number of primary amides is 1. The molecule has 13 nitrogen and oxygen atoms in total. The minimum Gasteiger partial charge on any atom is -0.510 e. The fourth-order valence-corrected chi connectivity index (χ4v) is 6.13. The number of rotatable bonds is 5. The van der Waals surface area contributed by atoms with E-state index in [4.69, 9.17) is 5.73 Å². The van der Waals surface area contributed by atoms with Crippen molar-refractivity contribution in [3.63, 3.8) is 0 Å². The predicted molar refractivity (Wildman–Crippen MR) is 138 cm³/mol. The van der Waals surface area contributed by atoms with Gasteiger partial charge >= 0.3 is 0 Å². The van der Waals surface area contributed by atoms with Gasteiger partial charge in [0.25, 0.3) is 5.91 Å². The molecule has 14 heteroatoms. The SMILES string of the molecule is CC1c2ccc(NC(=O)C(Br)CO)c(O)c2C(=O)C2=C(O)C3(O)C(=O)C(C(N)=O)=C(O)[C@@H](N(C)C)C3C(O)C21. The Morgan fingerprint density at radius 1 is 1.21 bits per heavy atom. The molecule has 0 fully saturated rings. The molecular formula is C25H28BrN3O10. The van der Waals surface area contributed by atoms with Gasteiger partial charge in [-0.1, -0.05) is 28.9 Å². The standard InChI is InChI=1S/C25H28BrN3O10/c1-7-8-4-5-10(28-24(38)9(26)6-30)17(31)12(8)18(32)13-11(7)19(33)15-16(29(2)3)20(34)14(23(27)37)22(36)25(15,39)21(13)35/h4-5,7,9,11,15-16,19,30-31,33-35,39H,6H2,1-3H3,(H2,27,37)(H,28,38)/t7?,9?,11?,15?,16-,19?,25?/m0/s1. The zero-order valence-electron chi connectivity index (χ0n) is 21.0. The van der Waals surface area contributed by atoms with E-state index in [0.29, 0.717) is 0 Å². The molecule has 7 atom stereocenters. The first-order chi connectivity index (χ1) is 18.1. The monoisotopic (exact) mass is 609 g/mol. The van der Waals surface area contributed by atoms with Crippen LogP contribution in [0.2, 0.25) is 0 Å². The number of anilines is 1. The van der Waals surface area contributed by atoms with E-state index in [0.717, 1.165) is 0 Å². The van der Waals surface area contributed by atoms with Crippen molar-refractivity contribution in [2.24, 2.45) is 17.6 Å². The quantitative estimate of drug-likeness (QED) is 0.119. The minimum atomic E-state index is -3.02. The highest BCUT2D eigenvalue weighted by atomic mass is 79.9. The van der Waals surface area contributed by atoms with Crippen LogP contribution in [0.1, 0.15) is 28.8 Å². The van der Waals surface area contributed by atoms with E-state index in [1.807, 2.05) is 0 Å². The van der Waals surface area contributed by atoms with Gasteiger partial charge in [0.2, 0.25) is 11.7 Å². The second-order valence-electron chi connectivity index (χ2n) is 10.1. The summed E-state index contributed by atoms with van der Waals surface area (Å²) in [7, 11) is 2.90. The van der Waals surface area contributed by atoms with Crippen LogP contribution in [0.25, 0.3) is 0 Å². The van der Waals surface area contributed by atoms with E-state index in [1.54, 1.807) is 6.92 Å². The van der Waals surface area contributed by atoms with Crippen molar-refractivity contribution in [3.8, 4) is 5.75 Å². The highest BCUT2D eigenvalue weighted by Crippen LogP contribution is 2.56. The van der Waals surface area contributed by atoms with Crippen LogP contribution >= 0.6 is 15.9 Å². The molecule has 39 heavy (non-hydrogen) atoms. The number of nitrogens with two attached hydrogens (primary N) is 1. The molecule has 0 saturated carbocycles. The summed E-state index contributed by atoms with van der Waals surface area (Å²) in [4.78, 5) is 51.8. The zero-order chi connectivity index (χ0) is 29.3. The summed E-state index contributed by atoms with van der Waals surface area (Å²) in [5, 5.41) is 67.9. The molecule has 0 radical (unpaired) electrons. The van der Waals surface area contributed by atoms with Crippen LogP contribution < -0.4 is 11.1 Å². The first-order valence-corrected chi connectivity index (χ1v) is 12.8. The molecule has 0 saturated heterocycles. The molecule has 0 aromatic heterocycles. The number of aliphatic hydroxyl groups excluding tert-OH is 4. The van der Waals surface area contributed by atoms with E-state index in [1.165, 1.54) is 31.1 Å². The average Bonchev–Trinajstić information content (AvgIpc) is 2.86. The van der Waals surface area contributed by atoms with Gasteiger partial charge < -0.3 is 41.7 Å². The van der Waals surface area contributed by atoms with Crippen molar-refractivity contribution < 1.29 is 49.8 Å². The number of Topliss-reactive ketones (excluding diaryl/α,β-unsaturated/α-hetero) is 2. The number of likely N-dealkylation sites (N-methyl/N-ethyl adjacent to an activating group) is 1. The average molecular weight is 610 g/mol. The number of aliphatic hydroxyl groups is 5. The summed E-state index contributed by atoms with van der Waals surface area (Å²) in [6, 6.07) is 1.41. The number of halogens is 1. The van der Waals surface area contributed by atoms with Crippen LogP contribution in [-0.2, 0) is 14.4 Å². The number of fused-ring (bicyclic) bond motifs is 3. The molecule has 4 rings (SSSR count). The lowest BCUT2D eigenvalue weighted by Gasteiger charge is -2.53. The molecule has 3 aliphatic carbocycles. The molecule has 0 bridgehead atoms. The van der Waals surface area contributed by atoms with Gasteiger partial charge in [-0.25, -0.2) is 0 Å². The molecular weight excluding hydrogens is 582 g/mol. The number of ketones is 2. The van der Waals surface area contributed by atoms with Crippen LogP contribution in [0.4, 0.5) is 5.69 Å². The van der Waals surface area contributed by atoms with E-state index in [-0.39, 0.29) is 16.8 Å². The lowest BCUT2D eigenvalue weighted by atomic mass is 9.55. The second-order valence-corrected chi connectivity index (χ2v) is 11.2. The van der Waals surface area contributed by atoms with Crippen molar-refractivity contribution >= 4 is 45.0 Å². The number of alkyl halides is 1. The Hall–Kier alpha value is -3.30. The number of carbonyl (C=O) groups excluding carboxylic acids is 4. The van der Waals surface area contributed by atoms with Crippen molar-refractivity contribution in [1.82, 2.24) is 4.90 Å². The smallest absolute Gasteiger partial charge is 0.255 e. The number of phenols is 1. The Balaban J connectivity index is 1.95. The highest BCUT2D eigenvalue weighted by Gasteiger charge is 2.67. The number of nitrogens with zero attached hydrogens (tertiary/aromatic N) is 1. The van der Waals surface area contributed by atoms with Gasteiger partial charge in [-0.2, -0.15) is 0 Å². The normalized spacial score (nSPS) is 31.0. The summed E-state index contributed by atoms with van der Waals surface area (Å²) in [6.07, 6.45) is -1.71. The summed E-state index contributed by atoms with van der Waals surface area (Å²) in [5.41, 5.74) is 0.455. The minimum absolute atomic E-state index is 0.186. The maximum atomic E-state index is 13.8. The van der Waals surface area contributed by atoms with Gasteiger partial charge in [0, 0.05) is 11.5 Å². The van der Waals surface area contributed by atoms with E-state index >= 15 is 0 Å². The first kappa shape index (κ1) is 28.7. The number of benzene rings is 1. The second kappa shape index (κ2) is 9.71. The maximum Gasteiger partial charge on any atom is 0.255 e. The van der Waals surface area contributed by atoms with E-state index in [2.05, 4.69) is 21.2 Å². The van der Waals surface area contributed by atoms with Gasteiger partial charge in [-0.05, 0) is 31.6 Å². The molecule has 0 aliphatic heterocycles. The largest absolute Gasteiger partial charge is 0.510 e. The summed E-state index contributed by atoms with van der Waals surface area (Å²) < 4.78 is 0. The summed E-state index contributed by atoms with van der Waals surface area (Å²) in [6.45, 7) is 1.04. The maximum absolute atomic E-state index is 13.8. The molecule has 3 aliphatic rings. The van der Waals surface area contributed by atoms with Crippen LogP contribution in [-0.4, -0.2) is 102 Å². The van der Waals surface area contributed by atoms with Gasteiger partial charge in [0.1, 0.15) is 21.9 Å². The lowest BCUT2D eigenvalue weighted by Crippen LogP contribution is -2.68. The Morgan fingerprint density at radius 2 is 1.82 bits per heavy atom.